The Kier molecular flexibility index (Phi) is 4.41. The highest BCUT2D eigenvalue weighted by molar-refractivity contribution is 5.84. The molecule has 82 valence electrons. The van der Waals surface area contributed by atoms with E-state index in [9.17, 15) is 4.79 Å². The van der Waals surface area contributed by atoms with Crippen LogP contribution in [0, 0.1) is 12.3 Å². The molecule has 0 saturated carbocycles. The van der Waals surface area contributed by atoms with Gasteiger partial charge in [0.05, 0.1) is 6.21 Å². The molecule has 0 unspecified atom stereocenters. The molecule has 5 heteroatoms. The summed E-state index contributed by atoms with van der Waals surface area (Å²) in [4.78, 5) is 10.4. The van der Waals surface area contributed by atoms with Gasteiger partial charge < -0.3 is 10.5 Å². The van der Waals surface area contributed by atoms with Gasteiger partial charge in [-0.15, -0.1) is 6.42 Å². The number of para-hydroxylation sites is 1. The number of benzene rings is 1. The van der Waals surface area contributed by atoms with E-state index in [2.05, 4.69) is 16.4 Å². The summed E-state index contributed by atoms with van der Waals surface area (Å²) in [6.45, 7) is 0.175. The summed E-state index contributed by atoms with van der Waals surface area (Å²) >= 11 is 0. The third-order valence-corrected chi connectivity index (χ3v) is 1.61. The molecule has 0 aliphatic rings. The molecule has 0 bridgehead atoms. The van der Waals surface area contributed by atoms with E-state index >= 15 is 0 Å². The van der Waals surface area contributed by atoms with Crippen LogP contribution in [0.4, 0.5) is 4.79 Å². The fourth-order valence-corrected chi connectivity index (χ4v) is 1.00. The van der Waals surface area contributed by atoms with Crippen molar-refractivity contribution >= 4 is 12.2 Å². The average Bonchev–Trinajstić information content (AvgIpc) is 2.27. The van der Waals surface area contributed by atoms with Crippen LogP contribution in [0.25, 0.3) is 0 Å². The maximum absolute atomic E-state index is 10.4. The Labute approximate surface area is 93.3 Å². The molecule has 0 atom stereocenters. The topological polar surface area (TPSA) is 76.7 Å². The number of amides is 2. The van der Waals surface area contributed by atoms with Gasteiger partial charge in [-0.2, -0.15) is 5.10 Å². The smallest absolute Gasteiger partial charge is 0.332 e. The number of urea groups is 1. The van der Waals surface area contributed by atoms with Gasteiger partial charge in [0.25, 0.3) is 0 Å². The monoisotopic (exact) mass is 217 g/mol. The minimum absolute atomic E-state index is 0.175. The van der Waals surface area contributed by atoms with Gasteiger partial charge in [0.1, 0.15) is 12.4 Å². The molecule has 0 heterocycles. The summed E-state index contributed by atoms with van der Waals surface area (Å²) in [5.74, 6) is 2.95. The lowest BCUT2D eigenvalue weighted by Crippen LogP contribution is -2.24. The maximum Gasteiger partial charge on any atom is 0.332 e. The van der Waals surface area contributed by atoms with Crippen LogP contribution >= 0.6 is 0 Å². The minimum atomic E-state index is -0.724. The van der Waals surface area contributed by atoms with Gasteiger partial charge in [0.15, 0.2) is 0 Å². The van der Waals surface area contributed by atoms with Crippen molar-refractivity contribution in [2.24, 2.45) is 10.8 Å². The zero-order chi connectivity index (χ0) is 11.8. The standard InChI is InChI=1S/C11H11N3O2/c1-2-7-16-10-6-4-3-5-9(10)8-13-14-11(12)15/h1,3-6,8H,7H2,(H3,12,14,15)/b13-8-. The molecule has 1 aromatic carbocycles. The van der Waals surface area contributed by atoms with E-state index in [4.69, 9.17) is 16.9 Å². The van der Waals surface area contributed by atoms with Crippen molar-refractivity contribution in [1.82, 2.24) is 5.43 Å². The second kappa shape index (κ2) is 6.09. The normalized spacial score (nSPS) is 9.69. The SMILES string of the molecule is C#CCOc1ccccc1/C=N\NC(N)=O. The van der Waals surface area contributed by atoms with Crippen LogP contribution in [0.2, 0.25) is 0 Å². The highest BCUT2D eigenvalue weighted by Gasteiger charge is 1.98. The van der Waals surface area contributed by atoms with Crippen molar-refractivity contribution in [3.05, 3.63) is 29.8 Å². The predicted octanol–water partition coefficient (Wildman–Crippen LogP) is 0.701. The lowest BCUT2D eigenvalue weighted by molar-refractivity contribution is 0.249. The number of hydrogen-bond donors (Lipinski definition) is 2. The van der Waals surface area contributed by atoms with Crippen LogP contribution in [0.1, 0.15) is 5.56 Å². The van der Waals surface area contributed by atoms with Crippen LogP contribution in [0.5, 0.6) is 5.75 Å². The molecule has 0 spiro atoms. The zero-order valence-electron chi connectivity index (χ0n) is 8.51. The van der Waals surface area contributed by atoms with Gasteiger partial charge in [-0.1, -0.05) is 18.1 Å². The summed E-state index contributed by atoms with van der Waals surface area (Å²) in [5, 5.41) is 3.63. The number of hydrazone groups is 1. The molecular formula is C11H11N3O2. The predicted molar refractivity (Wildman–Crippen MR) is 61.1 cm³/mol. The van der Waals surface area contributed by atoms with E-state index in [0.717, 1.165) is 0 Å². The Bertz CT molecular complexity index is 435. The highest BCUT2D eigenvalue weighted by Crippen LogP contribution is 2.15. The number of primary amides is 1. The molecule has 0 saturated heterocycles. The highest BCUT2D eigenvalue weighted by atomic mass is 16.5. The van der Waals surface area contributed by atoms with Crippen LogP contribution in [0.15, 0.2) is 29.4 Å². The van der Waals surface area contributed by atoms with Gasteiger partial charge in [0, 0.05) is 5.56 Å². The van der Waals surface area contributed by atoms with Gasteiger partial charge in [0.2, 0.25) is 0 Å². The Morgan fingerprint density at radius 2 is 2.38 bits per heavy atom. The number of carbonyl (C=O) groups is 1. The first kappa shape index (κ1) is 11.6. The van der Waals surface area contributed by atoms with Crippen LogP contribution in [-0.4, -0.2) is 18.9 Å². The third kappa shape index (κ3) is 3.72. The van der Waals surface area contributed by atoms with Gasteiger partial charge in [-0.05, 0) is 12.1 Å². The summed E-state index contributed by atoms with van der Waals surface area (Å²) in [5.41, 5.74) is 7.64. The van der Waals surface area contributed by atoms with E-state index in [1.54, 1.807) is 12.1 Å². The first-order valence-electron chi connectivity index (χ1n) is 4.48. The number of carbonyl (C=O) groups excluding carboxylic acids is 1. The Morgan fingerprint density at radius 1 is 1.62 bits per heavy atom. The molecule has 5 nitrogen and oxygen atoms in total. The molecule has 0 aromatic heterocycles. The van der Waals surface area contributed by atoms with Gasteiger partial charge >= 0.3 is 6.03 Å². The fraction of sp³-hybridized carbons (Fsp3) is 0.0909. The van der Waals surface area contributed by atoms with Crippen molar-refractivity contribution in [2.45, 2.75) is 0 Å². The van der Waals surface area contributed by atoms with Crippen LogP contribution in [0.3, 0.4) is 0 Å². The maximum atomic E-state index is 10.4. The van der Waals surface area contributed by atoms with Gasteiger partial charge in [-0.3, -0.25) is 0 Å². The Morgan fingerprint density at radius 3 is 3.06 bits per heavy atom. The van der Waals surface area contributed by atoms with Crippen molar-refractivity contribution < 1.29 is 9.53 Å². The van der Waals surface area contributed by atoms with Crippen LogP contribution in [-0.2, 0) is 0 Å². The van der Waals surface area contributed by atoms with Crippen molar-refractivity contribution in [2.75, 3.05) is 6.61 Å². The number of terminal acetylenes is 1. The first-order valence-corrected chi connectivity index (χ1v) is 4.48. The molecule has 3 N–H and O–H groups in total. The largest absolute Gasteiger partial charge is 0.480 e. The molecule has 0 aliphatic heterocycles. The van der Waals surface area contributed by atoms with E-state index in [-0.39, 0.29) is 6.61 Å². The number of rotatable bonds is 4. The van der Waals surface area contributed by atoms with Crippen molar-refractivity contribution in [3.8, 4) is 18.1 Å². The van der Waals surface area contributed by atoms with Crippen molar-refractivity contribution in [1.29, 1.82) is 0 Å². The first-order chi connectivity index (χ1) is 7.74. The van der Waals surface area contributed by atoms with E-state index < -0.39 is 6.03 Å². The molecular weight excluding hydrogens is 206 g/mol. The number of ether oxygens (including phenoxy) is 1. The fourth-order valence-electron chi connectivity index (χ4n) is 1.00. The third-order valence-electron chi connectivity index (χ3n) is 1.61. The number of nitrogens with two attached hydrogens (primary N) is 1. The Hall–Kier alpha value is -2.48. The molecule has 16 heavy (non-hydrogen) atoms. The second-order valence-electron chi connectivity index (χ2n) is 2.76. The summed E-state index contributed by atoms with van der Waals surface area (Å²) in [7, 11) is 0. The van der Waals surface area contributed by atoms with E-state index in [0.29, 0.717) is 11.3 Å². The van der Waals surface area contributed by atoms with Gasteiger partial charge in [-0.25, -0.2) is 10.2 Å². The number of nitrogens with zero attached hydrogens (tertiary/aromatic N) is 1. The molecule has 0 aliphatic carbocycles. The lowest BCUT2D eigenvalue weighted by atomic mass is 10.2. The van der Waals surface area contributed by atoms with Crippen LogP contribution < -0.4 is 15.9 Å². The molecule has 0 fully saturated rings. The second-order valence-corrected chi connectivity index (χ2v) is 2.76. The quantitative estimate of drug-likeness (QED) is 0.442. The molecule has 1 aromatic rings. The summed E-state index contributed by atoms with van der Waals surface area (Å²) in [6.07, 6.45) is 6.51. The van der Waals surface area contributed by atoms with E-state index in [1.165, 1.54) is 6.21 Å². The van der Waals surface area contributed by atoms with E-state index in [1.807, 2.05) is 12.1 Å². The molecule has 1 rings (SSSR count). The number of nitrogens with one attached hydrogen (secondary N) is 1. The number of hydrogen-bond acceptors (Lipinski definition) is 3. The lowest BCUT2D eigenvalue weighted by Gasteiger charge is -2.04. The molecule has 0 radical (unpaired) electrons. The summed E-state index contributed by atoms with van der Waals surface area (Å²) < 4.78 is 5.27. The van der Waals surface area contributed by atoms with Crippen molar-refractivity contribution in [3.63, 3.8) is 0 Å². The summed E-state index contributed by atoms with van der Waals surface area (Å²) in [6, 6.07) is 6.43. The zero-order valence-corrected chi connectivity index (χ0v) is 8.51. The Balaban J connectivity index is 2.74. The molecule has 2 amide bonds. The minimum Gasteiger partial charge on any atom is -0.480 e. The average molecular weight is 217 g/mol.